The van der Waals surface area contributed by atoms with Gasteiger partial charge in [0.2, 0.25) is 0 Å². The first-order chi connectivity index (χ1) is 8.00. The Morgan fingerprint density at radius 2 is 2.24 bits per heavy atom. The molecule has 17 heavy (non-hydrogen) atoms. The average Bonchev–Trinajstić information content (AvgIpc) is 2.24. The van der Waals surface area contributed by atoms with Crippen LogP contribution in [0.1, 0.15) is 19.4 Å². The van der Waals surface area contributed by atoms with Crippen LogP contribution in [0, 0.1) is 5.82 Å². The van der Waals surface area contributed by atoms with E-state index in [2.05, 4.69) is 11.9 Å². The van der Waals surface area contributed by atoms with Gasteiger partial charge in [0, 0.05) is 23.2 Å². The van der Waals surface area contributed by atoms with Gasteiger partial charge in [-0.3, -0.25) is 0 Å². The van der Waals surface area contributed by atoms with E-state index in [0.29, 0.717) is 17.6 Å². The molecule has 0 heterocycles. The van der Waals surface area contributed by atoms with E-state index in [1.807, 2.05) is 19.9 Å². The van der Waals surface area contributed by atoms with Crippen LogP contribution in [0.2, 0.25) is 0 Å². The van der Waals surface area contributed by atoms with Gasteiger partial charge >= 0.3 is 0 Å². The van der Waals surface area contributed by atoms with E-state index in [9.17, 15) is 4.39 Å². The minimum Gasteiger partial charge on any atom is -0.485 e. The van der Waals surface area contributed by atoms with E-state index in [-0.39, 0.29) is 18.2 Å². The van der Waals surface area contributed by atoms with Gasteiger partial charge < -0.3 is 10.1 Å². The Morgan fingerprint density at radius 3 is 2.82 bits per heavy atom. The molecule has 0 aliphatic rings. The van der Waals surface area contributed by atoms with Crippen LogP contribution < -0.4 is 10.1 Å². The Labute approximate surface area is 106 Å². The Bertz CT molecular complexity index is 393. The van der Waals surface area contributed by atoms with E-state index in [0.717, 1.165) is 5.56 Å². The first-order valence-corrected chi connectivity index (χ1v) is 5.85. The molecule has 0 saturated heterocycles. The van der Waals surface area contributed by atoms with E-state index < -0.39 is 0 Å². The second-order valence-corrected chi connectivity index (χ2v) is 4.60. The monoisotopic (exact) mass is 257 g/mol. The molecule has 0 saturated carbocycles. The summed E-state index contributed by atoms with van der Waals surface area (Å²) in [5.74, 6) is -0.145. The molecule has 0 radical (unpaired) electrons. The fourth-order valence-corrected chi connectivity index (χ4v) is 1.37. The molecule has 1 aromatic rings. The topological polar surface area (TPSA) is 21.3 Å². The average molecular weight is 258 g/mol. The molecule has 0 aromatic heterocycles. The molecule has 4 heteroatoms. The maximum atomic E-state index is 13.6. The Balaban J connectivity index is 2.80. The van der Waals surface area contributed by atoms with Crippen LogP contribution >= 0.6 is 11.6 Å². The van der Waals surface area contributed by atoms with Crippen LogP contribution in [-0.2, 0) is 6.54 Å². The highest BCUT2D eigenvalue weighted by atomic mass is 35.5. The Hall–Kier alpha value is -1.06. The summed E-state index contributed by atoms with van der Waals surface area (Å²) in [6, 6.07) is 5.18. The number of benzene rings is 1. The van der Waals surface area contributed by atoms with Crippen molar-refractivity contribution in [3.63, 3.8) is 0 Å². The highest BCUT2D eigenvalue weighted by Crippen LogP contribution is 2.23. The van der Waals surface area contributed by atoms with Gasteiger partial charge in [-0.2, -0.15) is 0 Å². The van der Waals surface area contributed by atoms with Crippen molar-refractivity contribution in [1.82, 2.24) is 5.32 Å². The maximum Gasteiger partial charge on any atom is 0.165 e. The molecule has 1 aromatic carbocycles. The molecular weight excluding hydrogens is 241 g/mol. The van der Waals surface area contributed by atoms with Gasteiger partial charge in [0.1, 0.15) is 6.61 Å². The van der Waals surface area contributed by atoms with Crippen LogP contribution in [-0.4, -0.2) is 12.6 Å². The summed E-state index contributed by atoms with van der Waals surface area (Å²) in [7, 11) is 0. The standard InChI is InChI=1S/C13H17ClFNO/c1-9(2)16-7-11-5-4-6-12(15)13(11)17-8-10(3)14/h4-6,9,16H,3,7-8H2,1-2H3. The van der Waals surface area contributed by atoms with E-state index in [4.69, 9.17) is 16.3 Å². The molecule has 0 bridgehead atoms. The number of rotatable bonds is 6. The summed E-state index contributed by atoms with van der Waals surface area (Å²) in [5.41, 5.74) is 0.775. The number of hydrogen-bond acceptors (Lipinski definition) is 2. The van der Waals surface area contributed by atoms with Crippen molar-refractivity contribution in [1.29, 1.82) is 0 Å². The zero-order chi connectivity index (χ0) is 12.8. The maximum absolute atomic E-state index is 13.6. The molecule has 2 nitrogen and oxygen atoms in total. The van der Waals surface area contributed by atoms with Crippen molar-refractivity contribution in [3.05, 3.63) is 41.2 Å². The van der Waals surface area contributed by atoms with E-state index in [1.165, 1.54) is 6.07 Å². The van der Waals surface area contributed by atoms with Gasteiger partial charge in [-0.25, -0.2) is 4.39 Å². The molecule has 1 N–H and O–H groups in total. The van der Waals surface area contributed by atoms with Gasteiger partial charge in [0.15, 0.2) is 11.6 Å². The van der Waals surface area contributed by atoms with Gasteiger partial charge in [0.05, 0.1) is 0 Å². The molecule has 0 aliphatic carbocycles. The number of hydrogen-bond donors (Lipinski definition) is 1. The molecule has 0 unspecified atom stereocenters. The lowest BCUT2D eigenvalue weighted by Crippen LogP contribution is -2.22. The predicted molar refractivity (Wildman–Crippen MR) is 68.9 cm³/mol. The second kappa shape index (κ2) is 6.62. The SMILES string of the molecule is C=C(Cl)COc1c(F)cccc1CNC(C)C. The summed E-state index contributed by atoms with van der Waals surface area (Å²) in [5, 5.41) is 3.56. The van der Waals surface area contributed by atoms with Crippen LogP contribution in [0.15, 0.2) is 29.8 Å². The van der Waals surface area contributed by atoms with Gasteiger partial charge in [0.25, 0.3) is 0 Å². The number of para-hydroxylation sites is 1. The minimum absolute atomic E-state index is 0.108. The summed E-state index contributed by atoms with van der Waals surface area (Å²) < 4.78 is 18.9. The lowest BCUT2D eigenvalue weighted by molar-refractivity contribution is 0.333. The first kappa shape index (κ1) is 14.0. The second-order valence-electron chi connectivity index (χ2n) is 4.07. The zero-order valence-electron chi connectivity index (χ0n) is 10.1. The molecule has 0 aliphatic heterocycles. The van der Waals surface area contributed by atoms with Crippen molar-refractivity contribution < 1.29 is 9.13 Å². The summed E-state index contributed by atoms with van der Waals surface area (Å²) in [6.07, 6.45) is 0. The molecule has 0 atom stereocenters. The van der Waals surface area contributed by atoms with Crippen molar-refractivity contribution in [2.45, 2.75) is 26.4 Å². The third kappa shape index (κ3) is 4.75. The van der Waals surface area contributed by atoms with Crippen LogP contribution in [0.4, 0.5) is 4.39 Å². The van der Waals surface area contributed by atoms with Crippen LogP contribution in [0.3, 0.4) is 0 Å². The first-order valence-electron chi connectivity index (χ1n) is 5.47. The van der Waals surface area contributed by atoms with Crippen LogP contribution in [0.25, 0.3) is 0 Å². The highest BCUT2D eigenvalue weighted by molar-refractivity contribution is 6.29. The lowest BCUT2D eigenvalue weighted by Gasteiger charge is -2.14. The van der Waals surface area contributed by atoms with Gasteiger partial charge in [-0.1, -0.05) is 44.2 Å². The summed E-state index contributed by atoms with van der Waals surface area (Å²) in [4.78, 5) is 0. The fraction of sp³-hybridized carbons (Fsp3) is 0.385. The van der Waals surface area contributed by atoms with Crippen molar-refractivity contribution in [2.75, 3.05) is 6.61 Å². The van der Waals surface area contributed by atoms with Gasteiger partial charge in [-0.15, -0.1) is 0 Å². The molecule has 0 spiro atoms. The van der Waals surface area contributed by atoms with Crippen molar-refractivity contribution in [3.8, 4) is 5.75 Å². The molecular formula is C13H17ClFNO. The summed E-state index contributed by atoms with van der Waals surface area (Å²) in [6.45, 7) is 8.23. The van der Waals surface area contributed by atoms with Gasteiger partial charge in [-0.05, 0) is 6.07 Å². The Kier molecular flexibility index (Phi) is 5.45. The summed E-state index contributed by atoms with van der Waals surface area (Å²) >= 11 is 5.60. The third-order valence-corrected chi connectivity index (χ3v) is 2.23. The lowest BCUT2D eigenvalue weighted by atomic mass is 10.2. The number of halogens is 2. The largest absolute Gasteiger partial charge is 0.485 e. The fourth-order valence-electron chi connectivity index (χ4n) is 1.32. The quantitative estimate of drug-likeness (QED) is 0.843. The molecule has 0 amide bonds. The minimum atomic E-state index is -0.383. The van der Waals surface area contributed by atoms with E-state index >= 15 is 0 Å². The van der Waals surface area contributed by atoms with Crippen LogP contribution in [0.5, 0.6) is 5.75 Å². The third-order valence-electron chi connectivity index (χ3n) is 2.12. The van der Waals surface area contributed by atoms with Crippen molar-refractivity contribution >= 4 is 11.6 Å². The Morgan fingerprint density at radius 1 is 1.53 bits per heavy atom. The predicted octanol–water partition coefficient (Wildman–Crippen LogP) is 3.46. The molecule has 1 rings (SSSR count). The number of ether oxygens (including phenoxy) is 1. The smallest absolute Gasteiger partial charge is 0.165 e. The zero-order valence-corrected chi connectivity index (χ0v) is 10.9. The molecule has 94 valence electrons. The van der Waals surface area contributed by atoms with Crippen molar-refractivity contribution in [2.24, 2.45) is 0 Å². The highest BCUT2D eigenvalue weighted by Gasteiger charge is 2.10. The van der Waals surface area contributed by atoms with E-state index in [1.54, 1.807) is 6.07 Å². The normalized spacial score (nSPS) is 10.6. The molecule has 0 fully saturated rings. The number of nitrogens with one attached hydrogen (secondary N) is 1.